The Morgan fingerprint density at radius 2 is 1.77 bits per heavy atom. The molecule has 1 amide bonds. The molecule has 26 heavy (non-hydrogen) atoms. The summed E-state index contributed by atoms with van der Waals surface area (Å²) >= 11 is 0. The average Bonchev–Trinajstić information content (AvgIpc) is 3.06. The third kappa shape index (κ3) is 3.85. The third-order valence-electron chi connectivity index (χ3n) is 4.19. The van der Waals surface area contributed by atoms with Gasteiger partial charge in [-0.15, -0.1) is 5.10 Å². The van der Waals surface area contributed by atoms with Crippen LogP contribution in [0.1, 0.15) is 35.5 Å². The van der Waals surface area contributed by atoms with Crippen LogP contribution in [0.4, 0.5) is 0 Å². The first kappa shape index (κ1) is 17.5. The van der Waals surface area contributed by atoms with Crippen molar-refractivity contribution < 1.29 is 4.79 Å². The molecule has 0 saturated heterocycles. The number of rotatable bonds is 5. The first-order valence-corrected chi connectivity index (χ1v) is 8.45. The predicted octanol–water partition coefficient (Wildman–Crippen LogP) is 3.17. The van der Waals surface area contributed by atoms with Gasteiger partial charge in [-0.05, 0) is 54.0 Å². The van der Waals surface area contributed by atoms with Crippen molar-refractivity contribution in [2.75, 3.05) is 0 Å². The van der Waals surface area contributed by atoms with Crippen LogP contribution < -0.4 is 5.32 Å². The van der Waals surface area contributed by atoms with Crippen molar-refractivity contribution in [1.82, 2.24) is 25.5 Å². The lowest BCUT2D eigenvalue weighted by Crippen LogP contribution is -2.30. The van der Waals surface area contributed by atoms with Crippen LogP contribution in [0.5, 0.6) is 0 Å². The van der Waals surface area contributed by atoms with E-state index in [1.165, 1.54) is 4.68 Å². The first-order valence-electron chi connectivity index (χ1n) is 8.45. The summed E-state index contributed by atoms with van der Waals surface area (Å²) < 4.78 is 1.45. The van der Waals surface area contributed by atoms with E-state index in [4.69, 9.17) is 0 Å². The fraction of sp³-hybridized carbons (Fsp3) is 0.200. The minimum Gasteiger partial charge on any atom is -0.344 e. The highest BCUT2D eigenvalue weighted by atomic mass is 16.2. The van der Waals surface area contributed by atoms with Crippen molar-refractivity contribution in [2.45, 2.75) is 26.8 Å². The van der Waals surface area contributed by atoms with Gasteiger partial charge >= 0.3 is 0 Å². The smallest absolute Gasteiger partial charge is 0.270 e. The highest BCUT2D eigenvalue weighted by Crippen LogP contribution is 2.19. The van der Waals surface area contributed by atoms with E-state index >= 15 is 0 Å². The quantitative estimate of drug-likeness (QED) is 0.720. The lowest BCUT2D eigenvalue weighted by atomic mass is 10.0. The molecule has 0 spiro atoms. The second kappa shape index (κ2) is 7.74. The van der Waals surface area contributed by atoms with Gasteiger partial charge in [0.2, 0.25) is 0 Å². The lowest BCUT2D eigenvalue weighted by Gasteiger charge is -2.18. The maximum absolute atomic E-state index is 13.0. The summed E-state index contributed by atoms with van der Waals surface area (Å²) in [4.78, 5) is 13.0. The van der Waals surface area contributed by atoms with Crippen molar-refractivity contribution in [2.24, 2.45) is 0 Å². The number of aryl methyl sites for hydroxylation is 2. The zero-order chi connectivity index (χ0) is 18.5. The SMILES string of the molecule is Cc1ccccc1C(C)NC(=O)/C(=C/c1ccccc1)n1nnnc1C. The maximum Gasteiger partial charge on any atom is 0.270 e. The summed E-state index contributed by atoms with van der Waals surface area (Å²) in [7, 11) is 0. The third-order valence-corrected chi connectivity index (χ3v) is 4.19. The topological polar surface area (TPSA) is 72.7 Å². The summed E-state index contributed by atoms with van der Waals surface area (Å²) in [6, 6.07) is 17.5. The summed E-state index contributed by atoms with van der Waals surface area (Å²) in [6.45, 7) is 5.76. The van der Waals surface area contributed by atoms with Gasteiger partial charge in [0.15, 0.2) is 5.82 Å². The van der Waals surface area contributed by atoms with E-state index in [-0.39, 0.29) is 11.9 Å². The van der Waals surface area contributed by atoms with Gasteiger partial charge in [0.05, 0.1) is 6.04 Å². The molecule has 1 aromatic heterocycles. The molecule has 0 saturated carbocycles. The predicted molar refractivity (Wildman–Crippen MR) is 101 cm³/mol. The van der Waals surface area contributed by atoms with Gasteiger partial charge in [0.25, 0.3) is 5.91 Å². The molecule has 132 valence electrons. The van der Waals surface area contributed by atoms with Gasteiger partial charge in [-0.3, -0.25) is 4.79 Å². The Morgan fingerprint density at radius 1 is 1.08 bits per heavy atom. The van der Waals surface area contributed by atoms with E-state index < -0.39 is 0 Å². The Bertz CT molecular complexity index is 930. The van der Waals surface area contributed by atoms with Crippen LogP contribution in [0.3, 0.4) is 0 Å². The highest BCUT2D eigenvalue weighted by Gasteiger charge is 2.19. The van der Waals surface area contributed by atoms with Crippen LogP contribution in [0.2, 0.25) is 0 Å². The normalized spacial score (nSPS) is 12.7. The number of tetrazole rings is 1. The highest BCUT2D eigenvalue weighted by molar-refractivity contribution is 6.18. The van der Waals surface area contributed by atoms with Gasteiger partial charge < -0.3 is 5.32 Å². The van der Waals surface area contributed by atoms with E-state index in [1.807, 2.05) is 68.4 Å². The van der Waals surface area contributed by atoms with Crippen LogP contribution in [0, 0.1) is 13.8 Å². The molecule has 6 nitrogen and oxygen atoms in total. The molecule has 0 bridgehead atoms. The summed E-state index contributed by atoms with van der Waals surface area (Å²) in [5.74, 6) is 0.311. The molecular weight excluding hydrogens is 326 g/mol. The molecule has 0 aliphatic carbocycles. The largest absolute Gasteiger partial charge is 0.344 e. The zero-order valence-electron chi connectivity index (χ0n) is 15.0. The van der Waals surface area contributed by atoms with Crippen LogP contribution >= 0.6 is 0 Å². The number of nitrogens with one attached hydrogen (secondary N) is 1. The van der Waals surface area contributed by atoms with Crippen LogP contribution in [-0.2, 0) is 4.79 Å². The van der Waals surface area contributed by atoms with E-state index in [0.29, 0.717) is 11.5 Å². The van der Waals surface area contributed by atoms with Crippen LogP contribution in [0.15, 0.2) is 54.6 Å². The van der Waals surface area contributed by atoms with Gasteiger partial charge in [0.1, 0.15) is 5.70 Å². The Balaban J connectivity index is 1.92. The molecule has 1 unspecified atom stereocenters. The number of hydrogen-bond acceptors (Lipinski definition) is 4. The fourth-order valence-electron chi connectivity index (χ4n) is 2.81. The van der Waals surface area contributed by atoms with Crippen LogP contribution in [0.25, 0.3) is 11.8 Å². The molecule has 1 N–H and O–H groups in total. The second-order valence-electron chi connectivity index (χ2n) is 6.13. The van der Waals surface area contributed by atoms with Crippen molar-refractivity contribution in [3.63, 3.8) is 0 Å². The van der Waals surface area contributed by atoms with Gasteiger partial charge in [-0.1, -0.05) is 54.6 Å². The van der Waals surface area contributed by atoms with E-state index in [9.17, 15) is 4.79 Å². The van der Waals surface area contributed by atoms with E-state index in [1.54, 1.807) is 13.0 Å². The Kier molecular flexibility index (Phi) is 5.22. The molecular formula is C20H21N5O. The standard InChI is InChI=1S/C20H21N5O/c1-14-9-7-8-12-18(14)15(2)21-20(26)19(25-16(3)22-23-24-25)13-17-10-5-4-6-11-17/h4-13,15H,1-3H3,(H,21,26)/b19-13-. The number of benzene rings is 2. The summed E-state index contributed by atoms with van der Waals surface area (Å²) in [6.07, 6.45) is 1.78. The number of carbonyl (C=O) groups excluding carboxylic acids is 1. The molecule has 1 atom stereocenters. The summed E-state index contributed by atoms with van der Waals surface area (Å²) in [5.41, 5.74) is 3.48. The molecule has 1 heterocycles. The monoisotopic (exact) mass is 347 g/mol. The fourth-order valence-corrected chi connectivity index (χ4v) is 2.81. The molecule has 0 aliphatic rings. The second-order valence-corrected chi connectivity index (χ2v) is 6.13. The van der Waals surface area contributed by atoms with E-state index in [2.05, 4.69) is 20.8 Å². The van der Waals surface area contributed by atoms with Crippen molar-refractivity contribution in [1.29, 1.82) is 0 Å². The minimum absolute atomic E-state index is 0.139. The average molecular weight is 347 g/mol. The lowest BCUT2D eigenvalue weighted by molar-refractivity contribution is -0.116. The molecule has 2 aromatic carbocycles. The zero-order valence-corrected chi connectivity index (χ0v) is 15.0. The van der Waals surface area contributed by atoms with Crippen LogP contribution in [-0.4, -0.2) is 26.1 Å². The Morgan fingerprint density at radius 3 is 2.42 bits per heavy atom. The number of hydrogen-bond donors (Lipinski definition) is 1. The van der Waals surface area contributed by atoms with Crippen molar-refractivity contribution >= 4 is 17.7 Å². The number of nitrogens with zero attached hydrogens (tertiary/aromatic N) is 4. The molecule has 6 heteroatoms. The van der Waals surface area contributed by atoms with Gasteiger partial charge in [-0.2, -0.15) is 4.68 Å². The molecule has 3 aromatic rings. The number of amides is 1. The maximum atomic E-state index is 13.0. The Hall–Kier alpha value is -3.28. The summed E-state index contributed by atoms with van der Waals surface area (Å²) in [5, 5.41) is 14.6. The van der Waals surface area contributed by atoms with Crippen molar-refractivity contribution in [3.05, 3.63) is 77.1 Å². The van der Waals surface area contributed by atoms with Gasteiger partial charge in [-0.25, -0.2) is 0 Å². The number of carbonyl (C=O) groups is 1. The molecule has 0 aliphatic heterocycles. The molecule has 0 radical (unpaired) electrons. The van der Waals surface area contributed by atoms with Gasteiger partial charge in [0, 0.05) is 0 Å². The number of aromatic nitrogens is 4. The Labute approximate surface area is 152 Å². The molecule has 0 fully saturated rings. The van der Waals surface area contributed by atoms with Crippen molar-refractivity contribution in [3.8, 4) is 0 Å². The van der Waals surface area contributed by atoms with E-state index in [0.717, 1.165) is 16.7 Å². The first-order chi connectivity index (χ1) is 12.6. The molecule has 3 rings (SSSR count). The minimum atomic E-state index is -0.236.